The summed E-state index contributed by atoms with van der Waals surface area (Å²) in [5, 5.41) is 13.6. The van der Waals surface area contributed by atoms with Crippen LogP contribution in [0.5, 0.6) is 0 Å². The zero-order valence-corrected chi connectivity index (χ0v) is 17.9. The van der Waals surface area contributed by atoms with Gasteiger partial charge in [0.15, 0.2) is 0 Å². The molecule has 0 aliphatic carbocycles. The Labute approximate surface area is 176 Å². The smallest absolute Gasteiger partial charge is 0.0139 e. The van der Waals surface area contributed by atoms with Crippen molar-refractivity contribution in [1.29, 1.82) is 0 Å². The Morgan fingerprint density at radius 3 is 0.800 bits per heavy atom. The zero-order valence-electron chi connectivity index (χ0n) is 17.9. The number of fused-ring (bicyclic) bond motifs is 5. The first-order valence-electron chi connectivity index (χ1n) is 10.7. The number of benzene rings is 6. The minimum Gasteiger partial charge on any atom is -0.0616 e. The van der Waals surface area contributed by atoms with E-state index in [9.17, 15) is 0 Å². The van der Waals surface area contributed by atoms with Gasteiger partial charge < -0.3 is 0 Å². The first-order chi connectivity index (χ1) is 14.5. The number of hydrogen-bond donors (Lipinski definition) is 0. The molecule has 0 bridgehead atoms. The quantitative estimate of drug-likeness (QED) is 0.230. The van der Waals surface area contributed by atoms with Crippen molar-refractivity contribution in [2.45, 2.75) is 27.7 Å². The molecule has 0 heteroatoms. The maximum Gasteiger partial charge on any atom is -0.0139 e. The fraction of sp³-hybridized carbons (Fsp3) is 0.133. The van der Waals surface area contributed by atoms with E-state index in [4.69, 9.17) is 0 Å². The Morgan fingerprint density at radius 1 is 0.333 bits per heavy atom. The number of aryl methyl sites for hydroxylation is 4. The molecule has 0 aliphatic heterocycles. The number of hydrogen-bond acceptors (Lipinski definition) is 0. The lowest BCUT2D eigenvalue weighted by Gasteiger charge is -2.16. The van der Waals surface area contributed by atoms with Crippen LogP contribution in [0.15, 0.2) is 72.8 Å². The minimum absolute atomic E-state index is 1.32. The SMILES string of the molecule is Cc1c2ccccc2c(C)c2cc3cc4c(C)c5ccccc5c(C)c4cc3cc12. The number of rotatable bonds is 0. The minimum atomic E-state index is 1.32. The maximum atomic E-state index is 2.41. The first kappa shape index (κ1) is 17.5. The summed E-state index contributed by atoms with van der Waals surface area (Å²) < 4.78 is 0. The first-order valence-corrected chi connectivity index (χ1v) is 10.7. The highest BCUT2D eigenvalue weighted by molar-refractivity contribution is 6.14. The van der Waals surface area contributed by atoms with Gasteiger partial charge in [-0.25, -0.2) is 0 Å². The molecule has 0 nitrogen and oxygen atoms in total. The molecule has 6 aromatic carbocycles. The van der Waals surface area contributed by atoms with Crippen molar-refractivity contribution in [3.8, 4) is 0 Å². The van der Waals surface area contributed by atoms with Gasteiger partial charge in [0.25, 0.3) is 0 Å². The van der Waals surface area contributed by atoms with Crippen LogP contribution in [-0.4, -0.2) is 0 Å². The molecule has 0 saturated heterocycles. The third kappa shape index (κ3) is 2.22. The van der Waals surface area contributed by atoms with E-state index in [0.29, 0.717) is 0 Å². The highest BCUT2D eigenvalue weighted by atomic mass is 14.2. The largest absolute Gasteiger partial charge is 0.0616 e. The third-order valence-corrected chi connectivity index (χ3v) is 7.20. The second kappa shape index (κ2) is 6.06. The molecule has 0 fully saturated rings. The van der Waals surface area contributed by atoms with Crippen molar-refractivity contribution >= 4 is 53.9 Å². The van der Waals surface area contributed by atoms with Crippen molar-refractivity contribution in [3.63, 3.8) is 0 Å². The lowest BCUT2D eigenvalue weighted by atomic mass is 9.88. The van der Waals surface area contributed by atoms with Gasteiger partial charge in [-0.1, -0.05) is 48.5 Å². The van der Waals surface area contributed by atoms with Gasteiger partial charge in [-0.3, -0.25) is 0 Å². The molecule has 6 aromatic rings. The van der Waals surface area contributed by atoms with E-state index < -0.39 is 0 Å². The van der Waals surface area contributed by atoms with Crippen LogP contribution in [0.3, 0.4) is 0 Å². The molecule has 0 aromatic heterocycles. The molecular weight excluding hydrogens is 360 g/mol. The second-order valence-electron chi connectivity index (χ2n) is 8.73. The molecule has 0 N–H and O–H groups in total. The van der Waals surface area contributed by atoms with Crippen LogP contribution < -0.4 is 0 Å². The summed E-state index contributed by atoms with van der Waals surface area (Å²) >= 11 is 0. The fourth-order valence-corrected chi connectivity index (χ4v) is 5.45. The lowest BCUT2D eigenvalue weighted by molar-refractivity contribution is 1.52. The summed E-state index contributed by atoms with van der Waals surface area (Å²) in [6.45, 7) is 9.06. The van der Waals surface area contributed by atoms with Crippen LogP contribution in [-0.2, 0) is 0 Å². The van der Waals surface area contributed by atoms with Gasteiger partial charge in [0, 0.05) is 0 Å². The van der Waals surface area contributed by atoms with Crippen molar-refractivity contribution in [2.75, 3.05) is 0 Å². The molecule has 0 unspecified atom stereocenters. The highest BCUT2D eigenvalue weighted by Gasteiger charge is 2.13. The summed E-state index contributed by atoms with van der Waals surface area (Å²) in [7, 11) is 0. The van der Waals surface area contributed by atoms with E-state index in [1.54, 1.807) is 0 Å². The van der Waals surface area contributed by atoms with Crippen LogP contribution in [0, 0.1) is 27.7 Å². The van der Waals surface area contributed by atoms with Gasteiger partial charge in [0.2, 0.25) is 0 Å². The summed E-state index contributed by atoms with van der Waals surface area (Å²) in [5.41, 5.74) is 5.50. The van der Waals surface area contributed by atoms with Crippen LogP contribution in [0.4, 0.5) is 0 Å². The average Bonchev–Trinajstić information content (AvgIpc) is 2.79. The van der Waals surface area contributed by atoms with Gasteiger partial charge in [-0.2, -0.15) is 0 Å². The van der Waals surface area contributed by atoms with Crippen molar-refractivity contribution in [2.24, 2.45) is 0 Å². The maximum absolute atomic E-state index is 2.41. The molecule has 0 radical (unpaired) electrons. The van der Waals surface area contributed by atoms with Crippen LogP contribution in [0.2, 0.25) is 0 Å². The van der Waals surface area contributed by atoms with E-state index in [1.807, 2.05) is 0 Å². The van der Waals surface area contributed by atoms with Crippen LogP contribution >= 0.6 is 0 Å². The predicted octanol–water partition coefficient (Wildman–Crippen LogP) is 8.69. The topological polar surface area (TPSA) is 0 Å². The Kier molecular flexibility index (Phi) is 3.53. The molecule has 30 heavy (non-hydrogen) atoms. The van der Waals surface area contributed by atoms with Crippen molar-refractivity contribution in [3.05, 3.63) is 95.1 Å². The summed E-state index contributed by atoms with van der Waals surface area (Å²) in [6, 6.07) is 27.2. The average molecular weight is 385 g/mol. The van der Waals surface area contributed by atoms with Crippen LogP contribution in [0.1, 0.15) is 22.3 Å². The van der Waals surface area contributed by atoms with Gasteiger partial charge in [-0.15, -0.1) is 0 Å². The van der Waals surface area contributed by atoms with Crippen LogP contribution in [0.25, 0.3) is 53.9 Å². The molecule has 0 saturated carbocycles. The van der Waals surface area contributed by atoms with Crippen molar-refractivity contribution < 1.29 is 0 Å². The second-order valence-corrected chi connectivity index (χ2v) is 8.73. The molecule has 0 heterocycles. The Hall–Kier alpha value is -3.38. The summed E-state index contributed by atoms with van der Waals surface area (Å²) in [5.74, 6) is 0. The predicted molar refractivity (Wildman–Crippen MR) is 133 cm³/mol. The van der Waals surface area contributed by atoms with E-state index >= 15 is 0 Å². The fourth-order valence-electron chi connectivity index (χ4n) is 5.45. The van der Waals surface area contributed by atoms with E-state index in [1.165, 1.54) is 76.1 Å². The summed E-state index contributed by atoms with van der Waals surface area (Å²) in [6.07, 6.45) is 0. The van der Waals surface area contributed by atoms with Gasteiger partial charge in [0.05, 0.1) is 0 Å². The molecule has 0 amide bonds. The van der Waals surface area contributed by atoms with E-state index in [0.717, 1.165) is 0 Å². The highest BCUT2D eigenvalue weighted by Crippen LogP contribution is 2.38. The molecule has 144 valence electrons. The van der Waals surface area contributed by atoms with Gasteiger partial charge >= 0.3 is 0 Å². The van der Waals surface area contributed by atoms with E-state index in [-0.39, 0.29) is 0 Å². The Morgan fingerprint density at radius 2 is 0.567 bits per heavy atom. The Balaban J connectivity index is 1.82. The molecule has 6 rings (SSSR count). The lowest BCUT2D eigenvalue weighted by Crippen LogP contribution is -1.91. The van der Waals surface area contributed by atoms with Gasteiger partial charge in [0.1, 0.15) is 0 Å². The summed E-state index contributed by atoms with van der Waals surface area (Å²) in [4.78, 5) is 0. The molecule has 0 atom stereocenters. The Bertz CT molecular complexity index is 1420. The molecule has 0 aliphatic rings. The normalized spacial score (nSPS) is 12.0. The van der Waals surface area contributed by atoms with E-state index in [2.05, 4.69) is 100 Å². The zero-order chi connectivity index (χ0) is 20.6. The van der Waals surface area contributed by atoms with Crippen molar-refractivity contribution in [1.82, 2.24) is 0 Å². The standard InChI is InChI=1S/C30H24/c1-17-23-9-5-6-10-24(23)18(2)28-14-22-16-30-20(4)26-12-8-7-11-25(26)19(3)29(30)15-21(22)13-27(17)28/h5-16H,1-4H3. The van der Waals surface area contributed by atoms with Gasteiger partial charge in [-0.05, 0) is 128 Å². The monoisotopic (exact) mass is 384 g/mol. The third-order valence-electron chi connectivity index (χ3n) is 7.20. The molecule has 0 spiro atoms. The molecular formula is C30H24.